The van der Waals surface area contributed by atoms with E-state index < -0.39 is 0 Å². The van der Waals surface area contributed by atoms with Crippen molar-refractivity contribution in [3.05, 3.63) is 28.8 Å². The molecule has 1 aromatic rings. The van der Waals surface area contributed by atoms with Crippen molar-refractivity contribution in [2.75, 3.05) is 5.73 Å². The molecule has 0 saturated heterocycles. The number of amides is 1. The van der Waals surface area contributed by atoms with Gasteiger partial charge in [0.25, 0.3) is 5.91 Å². The first-order valence-corrected chi connectivity index (χ1v) is 5.78. The molecule has 0 saturated carbocycles. The number of carbonyl (C=O) groups is 1. The monoisotopic (exact) mass is 240 g/mol. The highest BCUT2D eigenvalue weighted by Gasteiger charge is 2.12. The number of nitrogens with two attached hydrogens (primary N) is 1. The molecule has 0 aromatic heterocycles. The van der Waals surface area contributed by atoms with E-state index in [-0.39, 0.29) is 11.9 Å². The van der Waals surface area contributed by atoms with E-state index in [0.29, 0.717) is 16.3 Å². The summed E-state index contributed by atoms with van der Waals surface area (Å²) in [6.07, 6.45) is 2.00. The quantitative estimate of drug-likeness (QED) is 0.796. The molecular formula is C12H17ClN2O. The summed E-state index contributed by atoms with van der Waals surface area (Å²) in [5, 5.41) is 3.28. The third kappa shape index (κ3) is 3.42. The van der Waals surface area contributed by atoms with E-state index in [9.17, 15) is 4.79 Å². The van der Waals surface area contributed by atoms with Crippen molar-refractivity contribution in [1.82, 2.24) is 5.32 Å². The summed E-state index contributed by atoms with van der Waals surface area (Å²) in [4.78, 5) is 11.8. The number of nitrogens with one attached hydrogen (secondary N) is 1. The van der Waals surface area contributed by atoms with Crippen LogP contribution in [0.1, 0.15) is 37.0 Å². The van der Waals surface area contributed by atoms with Gasteiger partial charge in [0.05, 0.1) is 10.6 Å². The number of hydrogen-bond acceptors (Lipinski definition) is 2. The Labute approximate surface area is 101 Å². The van der Waals surface area contributed by atoms with Crippen LogP contribution in [0, 0.1) is 0 Å². The normalized spacial score (nSPS) is 12.2. The molecule has 0 bridgehead atoms. The van der Waals surface area contributed by atoms with Gasteiger partial charge in [0.15, 0.2) is 0 Å². The van der Waals surface area contributed by atoms with Gasteiger partial charge in [-0.1, -0.05) is 24.9 Å². The second kappa shape index (κ2) is 5.75. The van der Waals surface area contributed by atoms with Crippen molar-refractivity contribution in [3.8, 4) is 0 Å². The summed E-state index contributed by atoms with van der Waals surface area (Å²) in [6.45, 7) is 4.06. The number of anilines is 1. The van der Waals surface area contributed by atoms with Crippen LogP contribution in [-0.2, 0) is 0 Å². The van der Waals surface area contributed by atoms with Crippen LogP contribution in [0.15, 0.2) is 18.2 Å². The number of halogens is 1. The Kier molecular flexibility index (Phi) is 4.62. The van der Waals surface area contributed by atoms with Crippen molar-refractivity contribution in [1.29, 1.82) is 0 Å². The highest BCUT2D eigenvalue weighted by molar-refractivity contribution is 6.34. The summed E-state index contributed by atoms with van der Waals surface area (Å²) >= 11 is 5.94. The molecule has 0 heterocycles. The number of rotatable bonds is 4. The van der Waals surface area contributed by atoms with Gasteiger partial charge in [-0.15, -0.1) is 0 Å². The highest BCUT2D eigenvalue weighted by Crippen LogP contribution is 2.19. The SMILES string of the molecule is CCCC(C)NC(=O)c1ccc(N)cc1Cl. The lowest BCUT2D eigenvalue weighted by molar-refractivity contribution is 0.0938. The molecule has 1 rings (SSSR count). The predicted molar refractivity (Wildman–Crippen MR) is 67.7 cm³/mol. The van der Waals surface area contributed by atoms with E-state index >= 15 is 0 Å². The molecule has 1 atom stereocenters. The van der Waals surface area contributed by atoms with Gasteiger partial charge in [-0.05, 0) is 31.5 Å². The Hall–Kier alpha value is -1.22. The van der Waals surface area contributed by atoms with Crippen LogP contribution >= 0.6 is 11.6 Å². The number of hydrogen-bond donors (Lipinski definition) is 2. The first-order chi connectivity index (χ1) is 7.54. The molecule has 1 aromatic carbocycles. The summed E-state index contributed by atoms with van der Waals surface area (Å²) < 4.78 is 0. The first kappa shape index (κ1) is 12.8. The van der Waals surface area contributed by atoms with Crippen molar-refractivity contribution < 1.29 is 4.79 Å². The van der Waals surface area contributed by atoms with Crippen LogP contribution in [0.5, 0.6) is 0 Å². The molecule has 0 aliphatic rings. The largest absolute Gasteiger partial charge is 0.399 e. The van der Waals surface area contributed by atoms with Crippen LogP contribution in [0.2, 0.25) is 5.02 Å². The van der Waals surface area contributed by atoms with Crippen molar-refractivity contribution in [2.45, 2.75) is 32.7 Å². The Bertz CT molecular complexity index is 379. The molecule has 0 aliphatic heterocycles. The Balaban J connectivity index is 2.73. The topological polar surface area (TPSA) is 55.1 Å². The van der Waals surface area contributed by atoms with E-state index in [2.05, 4.69) is 12.2 Å². The third-order valence-electron chi connectivity index (χ3n) is 2.34. The second-order valence-electron chi connectivity index (χ2n) is 3.90. The number of benzene rings is 1. The van der Waals surface area contributed by atoms with Gasteiger partial charge in [0.2, 0.25) is 0 Å². The average Bonchev–Trinajstić information content (AvgIpc) is 2.17. The van der Waals surface area contributed by atoms with E-state index in [1.165, 1.54) is 0 Å². The lowest BCUT2D eigenvalue weighted by Gasteiger charge is -2.13. The van der Waals surface area contributed by atoms with Gasteiger partial charge in [-0.25, -0.2) is 0 Å². The molecule has 1 unspecified atom stereocenters. The molecule has 0 spiro atoms. The van der Waals surface area contributed by atoms with Gasteiger partial charge >= 0.3 is 0 Å². The van der Waals surface area contributed by atoms with Gasteiger partial charge in [0.1, 0.15) is 0 Å². The van der Waals surface area contributed by atoms with Crippen LogP contribution in [0.25, 0.3) is 0 Å². The molecule has 16 heavy (non-hydrogen) atoms. The molecule has 3 N–H and O–H groups in total. The van der Waals surface area contributed by atoms with Gasteiger partial charge < -0.3 is 11.1 Å². The van der Waals surface area contributed by atoms with Crippen LogP contribution in [0.4, 0.5) is 5.69 Å². The molecule has 4 heteroatoms. The maximum atomic E-state index is 11.8. The zero-order valence-corrected chi connectivity index (χ0v) is 10.3. The molecule has 0 aliphatic carbocycles. The first-order valence-electron chi connectivity index (χ1n) is 5.40. The third-order valence-corrected chi connectivity index (χ3v) is 2.65. The number of carbonyl (C=O) groups excluding carboxylic acids is 1. The van der Waals surface area contributed by atoms with Crippen molar-refractivity contribution >= 4 is 23.2 Å². The van der Waals surface area contributed by atoms with Crippen molar-refractivity contribution in [2.24, 2.45) is 0 Å². The maximum Gasteiger partial charge on any atom is 0.253 e. The minimum absolute atomic E-state index is 0.147. The smallest absolute Gasteiger partial charge is 0.253 e. The van der Waals surface area contributed by atoms with Gasteiger partial charge in [-0.3, -0.25) is 4.79 Å². The molecule has 88 valence electrons. The van der Waals surface area contributed by atoms with Crippen molar-refractivity contribution in [3.63, 3.8) is 0 Å². The molecular weight excluding hydrogens is 224 g/mol. The molecule has 0 fully saturated rings. The Morgan fingerprint density at radius 1 is 1.56 bits per heavy atom. The lowest BCUT2D eigenvalue weighted by Crippen LogP contribution is -2.32. The van der Waals surface area contributed by atoms with E-state index in [4.69, 9.17) is 17.3 Å². The standard InChI is InChI=1S/C12H17ClN2O/c1-3-4-8(2)15-12(16)10-6-5-9(14)7-11(10)13/h5-8H,3-4,14H2,1-2H3,(H,15,16). The highest BCUT2D eigenvalue weighted by atomic mass is 35.5. The summed E-state index contributed by atoms with van der Waals surface area (Å²) in [6, 6.07) is 5.06. The summed E-state index contributed by atoms with van der Waals surface area (Å²) in [5.74, 6) is -0.147. The maximum absolute atomic E-state index is 11.8. The minimum atomic E-state index is -0.147. The lowest BCUT2D eigenvalue weighted by atomic mass is 10.1. The van der Waals surface area contributed by atoms with Crippen LogP contribution < -0.4 is 11.1 Å². The predicted octanol–water partition coefficient (Wildman–Crippen LogP) is 2.84. The molecule has 1 amide bonds. The van der Waals surface area contributed by atoms with E-state index in [1.54, 1.807) is 18.2 Å². The van der Waals surface area contributed by atoms with E-state index in [1.807, 2.05) is 6.92 Å². The van der Waals surface area contributed by atoms with Gasteiger partial charge in [-0.2, -0.15) is 0 Å². The zero-order chi connectivity index (χ0) is 12.1. The fourth-order valence-corrected chi connectivity index (χ4v) is 1.80. The number of nitrogen functional groups attached to an aromatic ring is 1. The summed E-state index contributed by atoms with van der Waals surface area (Å²) in [7, 11) is 0. The van der Waals surface area contributed by atoms with Gasteiger partial charge in [0, 0.05) is 11.7 Å². The fraction of sp³-hybridized carbons (Fsp3) is 0.417. The second-order valence-corrected chi connectivity index (χ2v) is 4.31. The van der Waals surface area contributed by atoms with Crippen LogP contribution in [-0.4, -0.2) is 11.9 Å². The molecule has 3 nitrogen and oxygen atoms in total. The molecule has 0 radical (unpaired) electrons. The summed E-state index contributed by atoms with van der Waals surface area (Å²) in [5.41, 5.74) is 6.59. The average molecular weight is 241 g/mol. The minimum Gasteiger partial charge on any atom is -0.399 e. The Morgan fingerprint density at radius 3 is 2.81 bits per heavy atom. The van der Waals surface area contributed by atoms with E-state index in [0.717, 1.165) is 12.8 Å². The zero-order valence-electron chi connectivity index (χ0n) is 9.59. The Morgan fingerprint density at radius 2 is 2.25 bits per heavy atom. The van der Waals surface area contributed by atoms with Crippen LogP contribution in [0.3, 0.4) is 0 Å². The fourth-order valence-electron chi connectivity index (χ4n) is 1.52.